The highest BCUT2D eigenvalue weighted by Gasteiger charge is 2.13. The molecular formula is C11H23NO2. The van der Waals surface area contributed by atoms with Gasteiger partial charge in [0.25, 0.3) is 0 Å². The summed E-state index contributed by atoms with van der Waals surface area (Å²) in [4.78, 5) is 10.4. The van der Waals surface area contributed by atoms with Crippen molar-refractivity contribution in [1.29, 1.82) is 0 Å². The van der Waals surface area contributed by atoms with E-state index in [1.54, 1.807) is 0 Å². The van der Waals surface area contributed by atoms with Gasteiger partial charge in [0.15, 0.2) is 0 Å². The average molecular weight is 201 g/mol. The molecule has 3 atom stereocenters. The van der Waals surface area contributed by atoms with Gasteiger partial charge in [-0.2, -0.15) is 0 Å². The Morgan fingerprint density at radius 3 is 2.36 bits per heavy atom. The van der Waals surface area contributed by atoms with Crippen LogP contribution in [-0.4, -0.2) is 23.2 Å². The lowest BCUT2D eigenvalue weighted by atomic mass is 9.99. The Bertz CT molecular complexity index is 171. The standard InChI is InChI=1S/C11H23NO2/c1-5-8(2)10(4)12-9(3)6-7-11(13)14/h8-10,12H,5-7H2,1-4H3,(H,13,14). The van der Waals surface area contributed by atoms with Crippen LogP contribution in [0.4, 0.5) is 0 Å². The van der Waals surface area contributed by atoms with Gasteiger partial charge in [-0.05, 0) is 26.2 Å². The molecule has 0 aromatic heterocycles. The second-order valence-corrected chi connectivity index (χ2v) is 4.17. The summed E-state index contributed by atoms with van der Waals surface area (Å²) in [5.74, 6) is -0.0721. The maximum Gasteiger partial charge on any atom is 0.303 e. The lowest BCUT2D eigenvalue weighted by Gasteiger charge is -2.24. The average Bonchev–Trinajstić information content (AvgIpc) is 2.13. The molecule has 0 aliphatic rings. The molecule has 84 valence electrons. The van der Waals surface area contributed by atoms with Crippen molar-refractivity contribution < 1.29 is 9.90 Å². The number of carboxylic acid groups (broad SMARTS) is 1. The summed E-state index contributed by atoms with van der Waals surface area (Å²) in [6.07, 6.45) is 2.11. The molecule has 0 saturated carbocycles. The van der Waals surface area contributed by atoms with Crippen LogP contribution >= 0.6 is 0 Å². The molecule has 0 aliphatic heterocycles. The van der Waals surface area contributed by atoms with Crippen LogP contribution in [0, 0.1) is 5.92 Å². The van der Waals surface area contributed by atoms with Crippen molar-refractivity contribution in [2.45, 2.75) is 59.0 Å². The van der Waals surface area contributed by atoms with E-state index in [0.717, 1.165) is 6.42 Å². The highest BCUT2D eigenvalue weighted by molar-refractivity contribution is 5.66. The fraction of sp³-hybridized carbons (Fsp3) is 0.909. The van der Waals surface area contributed by atoms with Crippen molar-refractivity contribution >= 4 is 5.97 Å². The van der Waals surface area contributed by atoms with E-state index in [-0.39, 0.29) is 12.5 Å². The number of hydrogen-bond donors (Lipinski definition) is 2. The van der Waals surface area contributed by atoms with Crippen molar-refractivity contribution in [1.82, 2.24) is 5.32 Å². The van der Waals surface area contributed by atoms with Gasteiger partial charge in [0, 0.05) is 18.5 Å². The Hall–Kier alpha value is -0.570. The Morgan fingerprint density at radius 1 is 1.36 bits per heavy atom. The molecule has 2 N–H and O–H groups in total. The summed E-state index contributed by atoms with van der Waals surface area (Å²) in [7, 11) is 0. The third-order valence-electron chi connectivity index (χ3n) is 2.84. The summed E-state index contributed by atoms with van der Waals surface area (Å²) >= 11 is 0. The van der Waals surface area contributed by atoms with E-state index < -0.39 is 5.97 Å². The number of carbonyl (C=O) groups is 1. The lowest BCUT2D eigenvalue weighted by molar-refractivity contribution is -0.137. The summed E-state index contributed by atoms with van der Waals surface area (Å²) in [6.45, 7) is 8.58. The SMILES string of the molecule is CCC(C)C(C)NC(C)CCC(=O)O. The molecule has 0 spiro atoms. The minimum Gasteiger partial charge on any atom is -0.481 e. The van der Waals surface area contributed by atoms with Crippen LogP contribution in [0.2, 0.25) is 0 Å². The van der Waals surface area contributed by atoms with Crippen LogP contribution < -0.4 is 5.32 Å². The van der Waals surface area contributed by atoms with Crippen LogP contribution in [0.5, 0.6) is 0 Å². The van der Waals surface area contributed by atoms with Gasteiger partial charge in [0.1, 0.15) is 0 Å². The molecule has 0 fully saturated rings. The molecule has 3 unspecified atom stereocenters. The zero-order valence-electron chi connectivity index (χ0n) is 9.71. The first-order valence-electron chi connectivity index (χ1n) is 5.45. The van der Waals surface area contributed by atoms with Crippen molar-refractivity contribution in [3.05, 3.63) is 0 Å². The van der Waals surface area contributed by atoms with Gasteiger partial charge in [-0.1, -0.05) is 20.3 Å². The largest absolute Gasteiger partial charge is 0.481 e. The van der Waals surface area contributed by atoms with Crippen LogP contribution in [0.25, 0.3) is 0 Å². The van der Waals surface area contributed by atoms with E-state index in [1.807, 2.05) is 6.92 Å². The highest BCUT2D eigenvalue weighted by Crippen LogP contribution is 2.08. The second kappa shape index (κ2) is 6.82. The van der Waals surface area contributed by atoms with E-state index >= 15 is 0 Å². The minimum absolute atomic E-state index is 0.251. The Balaban J connectivity index is 3.70. The molecular weight excluding hydrogens is 178 g/mol. The maximum atomic E-state index is 10.4. The maximum absolute atomic E-state index is 10.4. The van der Waals surface area contributed by atoms with Crippen LogP contribution in [-0.2, 0) is 4.79 Å². The smallest absolute Gasteiger partial charge is 0.303 e. The van der Waals surface area contributed by atoms with E-state index in [4.69, 9.17) is 5.11 Å². The number of hydrogen-bond acceptors (Lipinski definition) is 2. The number of nitrogens with one attached hydrogen (secondary N) is 1. The molecule has 0 radical (unpaired) electrons. The molecule has 0 saturated heterocycles. The predicted octanol–water partition coefficient (Wildman–Crippen LogP) is 2.26. The van der Waals surface area contributed by atoms with Gasteiger partial charge in [0.2, 0.25) is 0 Å². The van der Waals surface area contributed by atoms with Crippen LogP contribution in [0.3, 0.4) is 0 Å². The number of aliphatic carboxylic acids is 1. The van der Waals surface area contributed by atoms with E-state index in [2.05, 4.69) is 26.1 Å². The molecule has 0 bridgehead atoms. The van der Waals surface area contributed by atoms with Gasteiger partial charge in [0.05, 0.1) is 0 Å². The first-order valence-corrected chi connectivity index (χ1v) is 5.45. The monoisotopic (exact) mass is 201 g/mol. The van der Waals surface area contributed by atoms with Gasteiger partial charge >= 0.3 is 5.97 Å². The molecule has 0 amide bonds. The van der Waals surface area contributed by atoms with Gasteiger partial charge in [-0.3, -0.25) is 4.79 Å². The zero-order valence-corrected chi connectivity index (χ0v) is 9.71. The molecule has 0 aromatic carbocycles. The van der Waals surface area contributed by atoms with Crippen molar-refractivity contribution in [2.24, 2.45) is 5.92 Å². The third kappa shape index (κ3) is 5.97. The quantitative estimate of drug-likeness (QED) is 0.664. The molecule has 0 aromatic rings. The third-order valence-corrected chi connectivity index (χ3v) is 2.84. The molecule has 0 rings (SSSR count). The van der Waals surface area contributed by atoms with Crippen molar-refractivity contribution in [3.8, 4) is 0 Å². The topological polar surface area (TPSA) is 49.3 Å². The summed E-state index contributed by atoms with van der Waals surface area (Å²) < 4.78 is 0. The normalized spacial score (nSPS) is 17.4. The number of rotatable bonds is 7. The van der Waals surface area contributed by atoms with Gasteiger partial charge < -0.3 is 10.4 Å². The molecule has 0 heterocycles. The fourth-order valence-electron chi connectivity index (χ4n) is 1.39. The van der Waals surface area contributed by atoms with E-state index in [0.29, 0.717) is 18.4 Å². The first-order chi connectivity index (χ1) is 6.47. The Labute approximate surface area is 86.9 Å². The minimum atomic E-state index is -0.713. The first kappa shape index (κ1) is 13.4. The summed E-state index contributed by atoms with van der Waals surface area (Å²) in [6, 6.07) is 0.749. The lowest BCUT2D eigenvalue weighted by Crippen LogP contribution is -2.38. The van der Waals surface area contributed by atoms with E-state index in [1.165, 1.54) is 0 Å². The number of carboxylic acids is 1. The van der Waals surface area contributed by atoms with Gasteiger partial charge in [-0.25, -0.2) is 0 Å². The zero-order chi connectivity index (χ0) is 11.1. The summed E-state index contributed by atoms with van der Waals surface area (Å²) in [5, 5.41) is 11.9. The van der Waals surface area contributed by atoms with Crippen molar-refractivity contribution in [3.63, 3.8) is 0 Å². The Morgan fingerprint density at radius 2 is 1.93 bits per heavy atom. The van der Waals surface area contributed by atoms with Gasteiger partial charge in [-0.15, -0.1) is 0 Å². The molecule has 3 nitrogen and oxygen atoms in total. The summed E-state index contributed by atoms with van der Waals surface area (Å²) in [5.41, 5.74) is 0. The van der Waals surface area contributed by atoms with Crippen LogP contribution in [0.1, 0.15) is 47.0 Å². The second-order valence-electron chi connectivity index (χ2n) is 4.17. The fourth-order valence-corrected chi connectivity index (χ4v) is 1.39. The Kier molecular flexibility index (Phi) is 6.54. The molecule has 0 aliphatic carbocycles. The predicted molar refractivity (Wildman–Crippen MR) is 58.4 cm³/mol. The molecule has 3 heteroatoms. The molecule has 14 heavy (non-hydrogen) atoms. The highest BCUT2D eigenvalue weighted by atomic mass is 16.4. The van der Waals surface area contributed by atoms with Crippen molar-refractivity contribution in [2.75, 3.05) is 0 Å². The van der Waals surface area contributed by atoms with E-state index in [9.17, 15) is 4.79 Å². The van der Waals surface area contributed by atoms with Crippen LogP contribution in [0.15, 0.2) is 0 Å².